The average molecular weight is 417 g/mol. The summed E-state index contributed by atoms with van der Waals surface area (Å²) in [4.78, 5) is 16.9. The molecule has 0 saturated carbocycles. The maximum absolute atomic E-state index is 5.56. The van der Waals surface area contributed by atoms with Crippen molar-refractivity contribution in [3.05, 3.63) is 42.4 Å². The van der Waals surface area contributed by atoms with Crippen LogP contribution in [0.1, 0.15) is 12.2 Å². The standard InChI is InChI=1S/C22H23N7O2/c1-30-21-16(15-6-3-2-4-7-15)14-29(26-21)22-24-19(27-10-12-31-13-11-27)18-20(25-22)28-9-5-8-17(28)23-18/h2-4,6-7,14H,5,8-13H2,1H3. The van der Waals surface area contributed by atoms with E-state index < -0.39 is 0 Å². The molecule has 1 saturated heterocycles. The van der Waals surface area contributed by atoms with Gasteiger partial charge in [0, 0.05) is 32.3 Å². The molecule has 0 unspecified atom stereocenters. The van der Waals surface area contributed by atoms with Gasteiger partial charge in [-0.3, -0.25) is 0 Å². The molecule has 3 aromatic heterocycles. The molecule has 0 aliphatic carbocycles. The SMILES string of the molecule is COc1nn(-c2nc(N3CCOCC3)c3nc4n(c3n2)CCC4)cc1-c1ccccc1. The third kappa shape index (κ3) is 3.04. The molecule has 6 rings (SSSR count). The Hall–Kier alpha value is -3.46. The molecule has 31 heavy (non-hydrogen) atoms. The molecule has 9 nitrogen and oxygen atoms in total. The molecule has 0 amide bonds. The van der Waals surface area contributed by atoms with Gasteiger partial charge in [-0.2, -0.15) is 9.97 Å². The Morgan fingerprint density at radius 1 is 1.00 bits per heavy atom. The van der Waals surface area contributed by atoms with E-state index in [-0.39, 0.29) is 0 Å². The number of aryl methyl sites for hydroxylation is 2. The van der Waals surface area contributed by atoms with Crippen LogP contribution in [0, 0.1) is 0 Å². The summed E-state index contributed by atoms with van der Waals surface area (Å²) in [5.74, 6) is 2.99. The van der Waals surface area contributed by atoms with Crippen molar-refractivity contribution >= 4 is 17.0 Å². The molecule has 0 atom stereocenters. The Morgan fingerprint density at radius 2 is 1.84 bits per heavy atom. The first-order valence-electron chi connectivity index (χ1n) is 10.6. The second-order valence-corrected chi connectivity index (χ2v) is 7.76. The van der Waals surface area contributed by atoms with Gasteiger partial charge < -0.3 is 18.9 Å². The van der Waals surface area contributed by atoms with Crippen LogP contribution in [-0.4, -0.2) is 62.7 Å². The highest BCUT2D eigenvalue weighted by atomic mass is 16.5. The lowest BCUT2D eigenvalue weighted by atomic mass is 10.1. The van der Waals surface area contributed by atoms with Crippen molar-refractivity contribution in [3.8, 4) is 23.0 Å². The summed E-state index contributed by atoms with van der Waals surface area (Å²) in [7, 11) is 1.63. The zero-order valence-corrected chi connectivity index (χ0v) is 17.4. The van der Waals surface area contributed by atoms with E-state index in [0.717, 1.165) is 66.4 Å². The van der Waals surface area contributed by atoms with Crippen LogP contribution in [0.5, 0.6) is 5.88 Å². The van der Waals surface area contributed by atoms with Crippen LogP contribution in [0.25, 0.3) is 28.2 Å². The fourth-order valence-corrected chi connectivity index (χ4v) is 4.37. The molecule has 0 N–H and O–H groups in total. The molecule has 0 spiro atoms. The molecule has 4 aromatic rings. The van der Waals surface area contributed by atoms with Gasteiger partial charge in [-0.25, -0.2) is 9.67 Å². The number of hydrogen-bond donors (Lipinski definition) is 0. The molecule has 1 fully saturated rings. The first kappa shape index (κ1) is 18.3. The molecule has 5 heterocycles. The molecule has 2 aliphatic rings. The topological polar surface area (TPSA) is 83.1 Å². The van der Waals surface area contributed by atoms with Gasteiger partial charge in [0.1, 0.15) is 5.82 Å². The van der Waals surface area contributed by atoms with E-state index in [4.69, 9.17) is 24.4 Å². The summed E-state index contributed by atoms with van der Waals surface area (Å²) in [5.41, 5.74) is 3.67. The average Bonchev–Trinajstić information content (AvgIpc) is 3.54. The summed E-state index contributed by atoms with van der Waals surface area (Å²) >= 11 is 0. The smallest absolute Gasteiger partial charge is 0.254 e. The van der Waals surface area contributed by atoms with Gasteiger partial charge in [0.15, 0.2) is 17.0 Å². The highest BCUT2D eigenvalue weighted by molar-refractivity contribution is 5.85. The Kier molecular flexibility index (Phi) is 4.34. The summed E-state index contributed by atoms with van der Waals surface area (Å²) < 4.78 is 15.0. The van der Waals surface area contributed by atoms with Crippen molar-refractivity contribution < 1.29 is 9.47 Å². The van der Waals surface area contributed by atoms with Crippen LogP contribution in [-0.2, 0) is 17.7 Å². The van der Waals surface area contributed by atoms with Crippen LogP contribution in [0.15, 0.2) is 36.5 Å². The largest absolute Gasteiger partial charge is 0.479 e. The van der Waals surface area contributed by atoms with Crippen molar-refractivity contribution in [2.45, 2.75) is 19.4 Å². The third-order valence-electron chi connectivity index (χ3n) is 5.90. The highest BCUT2D eigenvalue weighted by Crippen LogP contribution is 2.32. The molecular formula is C22H23N7O2. The maximum atomic E-state index is 5.56. The third-order valence-corrected chi connectivity index (χ3v) is 5.90. The molecule has 158 valence electrons. The second kappa shape index (κ2) is 7.35. The second-order valence-electron chi connectivity index (χ2n) is 7.76. The lowest BCUT2D eigenvalue weighted by Crippen LogP contribution is -2.37. The number of benzene rings is 1. The predicted molar refractivity (Wildman–Crippen MR) is 116 cm³/mol. The summed E-state index contributed by atoms with van der Waals surface area (Å²) in [6.45, 7) is 3.86. The van der Waals surface area contributed by atoms with Gasteiger partial charge in [0.05, 0.1) is 25.9 Å². The minimum absolute atomic E-state index is 0.518. The van der Waals surface area contributed by atoms with E-state index in [9.17, 15) is 0 Å². The van der Waals surface area contributed by atoms with Crippen molar-refractivity contribution in [1.82, 2.24) is 29.3 Å². The first-order chi connectivity index (χ1) is 15.3. The zero-order chi connectivity index (χ0) is 20.8. The van der Waals surface area contributed by atoms with Crippen molar-refractivity contribution in [1.29, 1.82) is 0 Å². The number of ether oxygens (including phenoxy) is 2. The Bertz CT molecular complexity index is 1240. The minimum Gasteiger partial charge on any atom is -0.479 e. The fourth-order valence-electron chi connectivity index (χ4n) is 4.37. The van der Waals surface area contributed by atoms with Gasteiger partial charge in [-0.1, -0.05) is 30.3 Å². The Labute approximate surface area is 179 Å². The highest BCUT2D eigenvalue weighted by Gasteiger charge is 2.26. The normalized spacial score (nSPS) is 16.1. The van der Waals surface area contributed by atoms with E-state index in [1.54, 1.807) is 11.8 Å². The molecule has 9 heteroatoms. The van der Waals surface area contributed by atoms with Gasteiger partial charge in [-0.15, -0.1) is 5.10 Å². The molecule has 0 bridgehead atoms. The van der Waals surface area contributed by atoms with Gasteiger partial charge in [-0.05, 0) is 12.0 Å². The van der Waals surface area contributed by atoms with Crippen molar-refractivity contribution in [2.24, 2.45) is 0 Å². The summed E-state index contributed by atoms with van der Waals surface area (Å²) in [6.07, 6.45) is 4.00. The number of morpholine rings is 1. The number of rotatable bonds is 4. The van der Waals surface area contributed by atoms with Gasteiger partial charge in [0.2, 0.25) is 5.88 Å². The number of imidazole rings is 1. The van der Waals surface area contributed by atoms with Crippen LogP contribution >= 0.6 is 0 Å². The lowest BCUT2D eigenvalue weighted by Gasteiger charge is -2.28. The predicted octanol–water partition coefficient (Wildman–Crippen LogP) is 2.47. The molecule has 2 aliphatic heterocycles. The number of methoxy groups -OCH3 is 1. The molecule has 0 radical (unpaired) electrons. The quantitative estimate of drug-likeness (QED) is 0.504. The van der Waals surface area contributed by atoms with Crippen LogP contribution in [0.3, 0.4) is 0 Å². The summed E-state index contributed by atoms with van der Waals surface area (Å²) in [6, 6.07) is 10.1. The van der Waals surface area contributed by atoms with Crippen LogP contribution < -0.4 is 9.64 Å². The van der Waals surface area contributed by atoms with Crippen LogP contribution in [0.4, 0.5) is 5.82 Å². The number of nitrogens with zero attached hydrogens (tertiary/aromatic N) is 7. The first-order valence-corrected chi connectivity index (χ1v) is 10.6. The Morgan fingerprint density at radius 3 is 2.65 bits per heavy atom. The van der Waals surface area contributed by atoms with E-state index >= 15 is 0 Å². The summed E-state index contributed by atoms with van der Waals surface area (Å²) in [5, 5.41) is 4.64. The minimum atomic E-state index is 0.518. The zero-order valence-electron chi connectivity index (χ0n) is 17.4. The Balaban J connectivity index is 1.52. The molecule has 1 aromatic carbocycles. The lowest BCUT2D eigenvalue weighted by molar-refractivity contribution is 0.122. The number of fused-ring (bicyclic) bond motifs is 3. The number of aromatic nitrogens is 6. The van der Waals surface area contributed by atoms with E-state index in [2.05, 4.69) is 14.6 Å². The van der Waals surface area contributed by atoms with Gasteiger partial charge in [0.25, 0.3) is 5.95 Å². The van der Waals surface area contributed by atoms with Crippen molar-refractivity contribution in [3.63, 3.8) is 0 Å². The van der Waals surface area contributed by atoms with Crippen molar-refractivity contribution in [2.75, 3.05) is 38.3 Å². The maximum Gasteiger partial charge on any atom is 0.254 e. The van der Waals surface area contributed by atoms with Crippen LogP contribution in [0.2, 0.25) is 0 Å². The van der Waals surface area contributed by atoms with E-state index in [0.29, 0.717) is 25.0 Å². The number of hydrogen-bond acceptors (Lipinski definition) is 7. The van der Waals surface area contributed by atoms with Gasteiger partial charge >= 0.3 is 0 Å². The monoisotopic (exact) mass is 417 g/mol. The van der Waals surface area contributed by atoms with E-state index in [1.807, 2.05) is 36.5 Å². The number of anilines is 1. The molecular weight excluding hydrogens is 394 g/mol. The fraction of sp³-hybridized carbons (Fsp3) is 0.364. The van der Waals surface area contributed by atoms with E-state index in [1.165, 1.54) is 0 Å².